The summed E-state index contributed by atoms with van der Waals surface area (Å²) in [6.45, 7) is 0.790. The molecule has 5 aromatic rings. The van der Waals surface area contributed by atoms with E-state index < -0.39 is 11.7 Å². The largest absolute Gasteiger partial charge is 0.494 e. The number of amides is 1. The Labute approximate surface area is 205 Å². The number of hydrogen-bond donors (Lipinski definition) is 1. The number of rotatable bonds is 5. The van der Waals surface area contributed by atoms with E-state index in [4.69, 9.17) is 4.74 Å². The molecule has 1 N–H and O–H groups in total. The highest BCUT2D eigenvalue weighted by molar-refractivity contribution is 6.45. The number of nitrogens with one attached hydrogen (secondary N) is 1. The van der Waals surface area contributed by atoms with Gasteiger partial charge in [-0.05, 0) is 29.7 Å². The average Bonchev–Trinajstić information content (AvgIpc) is 3.63. The third kappa shape index (κ3) is 3.50. The Bertz CT molecular complexity index is 1590. The quantitative estimate of drug-likeness (QED) is 0.304. The van der Waals surface area contributed by atoms with Crippen LogP contribution in [0, 0.1) is 0 Å². The first-order chi connectivity index (χ1) is 17.7. The maximum absolute atomic E-state index is 13.5. The lowest BCUT2D eigenvalue weighted by atomic mass is 9.92. The SMILES string of the molecule is COc1cnc(-n2ccnn2)c2[nH]cc(C(=O)C(=O)N3CCc4c(cccc4-c4ccccn4)C3)c12. The van der Waals surface area contributed by atoms with Gasteiger partial charge in [-0.2, -0.15) is 0 Å². The van der Waals surface area contributed by atoms with Crippen molar-refractivity contribution in [3.8, 4) is 22.8 Å². The maximum atomic E-state index is 13.5. The minimum atomic E-state index is -0.611. The van der Waals surface area contributed by atoms with Crippen molar-refractivity contribution in [2.45, 2.75) is 13.0 Å². The Morgan fingerprint density at radius 2 is 2.00 bits per heavy atom. The van der Waals surface area contributed by atoms with E-state index in [0.717, 1.165) is 22.4 Å². The topological polar surface area (TPSA) is 119 Å². The fraction of sp³-hybridized carbons (Fsp3) is 0.154. The fourth-order valence-electron chi connectivity index (χ4n) is 4.74. The predicted molar refractivity (Wildman–Crippen MR) is 131 cm³/mol. The lowest BCUT2D eigenvalue weighted by molar-refractivity contribution is -0.127. The van der Waals surface area contributed by atoms with Gasteiger partial charge in [0, 0.05) is 31.0 Å². The van der Waals surface area contributed by atoms with Crippen molar-refractivity contribution in [3.63, 3.8) is 0 Å². The van der Waals surface area contributed by atoms with E-state index in [0.29, 0.717) is 42.0 Å². The van der Waals surface area contributed by atoms with Crippen molar-refractivity contribution in [2.24, 2.45) is 0 Å². The molecule has 36 heavy (non-hydrogen) atoms. The molecule has 1 amide bonds. The van der Waals surface area contributed by atoms with Gasteiger partial charge in [0.1, 0.15) is 5.75 Å². The normalized spacial score (nSPS) is 13.0. The predicted octanol–water partition coefficient (Wildman–Crippen LogP) is 2.98. The number of fused-ring (bicyclic) bond motifs is 2. The highest BCUT2D eigenvalue weighted by Gasteiger charge is 2.31. The molecule has 0 spiro atoms. The van der Waals surface area contributed by atoms with Crippen LogP contribution in [-0.4, -0.2) is 60.2 Å². The fourth-order valence-corrected chi connectivity index (χ4v) is 4.74. The zero-order valence-corrected chi connectivity index (χ0v) is 19.4. The van der Waals surface area contributed by atoms with Crippen molar-refractivity contribution in [1.29, 1.82) is 0 Å². The number of ether oxygens (including phenoxy) is 1. The molecule has 0 radical (unpaired) electrons. The summed E-state index contributed by atoms with van der Waals surface area (Å²) in [5, 5.41) is 8.28. The molecule has 0 unspecified atom stereocenters. The van der Waals surface area contributed by atoms with E-state index in [2.05, 4.69) is 25.3 Å². The number of hydrogen-bond acceptors (Lipinski definition) is 7. The van der Waals surface area contributed by atoms with Crippen LogP contribution >= 0.6 is 0 Å². The van der Waals surface area contributed by atoms with Crippen molar-refractivity contribution in [1.82, 2.24) is 34.8 Å². The highest BCUT2D eigenvalue weighted by Crippen LogP contribution is 2.33. The van der Waals surface area contributed by atoms with Crippen LogP contribution in [0.2, 0.25) is 0 Å². The summed E-state index contributed by atoms with van der Waals surface area (Å²) < 4.78 is 6.95. The molecule has 1 aliphatic heterocycles. The summed E-state index contributed by atoms with van der Waals surface area (Å²) in [5.41, 5.74) is 4.88. The summed E-state index contributed by atoms with van der Waals surface area (Å²) in [4.78, 5) is 40.4. The molecular formula is C26H21N7O3. The standard InChI is InChI=1S/C26H21N7O3/c1-36-21-14-29-25(33-12-10-30-31-33)23-22(21)19(13-28-23)24(34)26(35)32-11-8-17-16(15-32)5-4-6-18(17)20-7-2-3-9-27-20/h2-7,9-10,12-14,28H,8,11,15H2,1H3. The summed E-state index contributed by atoms with van der Waals surface area (Å²) in [6, 6.07) is 11.8. The van der Waals surface area contributed by atoms with Crippen LogP contribution in [0.3, 0.4) is 0 Å². The number of carbonyl (C=O) groups excluding carboxylic acids is 2. The van der Waals surface area contributed by atoms with E-state index in [1.807, 2.05) is 36.4 Å². The number of aromatic nitrogens is 6. The number of methoxy groups -OCH3 is 1. The molecule has 0 atom stereocenters. The molecule has 0 fully saturated rings. The van der Waals surface area contributed by atoms with Gasteiger partial charge in [0.2, 0.25) is 0 Å². The van der Waals surface area contributed by atoms with Crippen molar-refractivity contribution >= 4 is 22.6 Å². The summed E-state index contributed by atoms with van der Waals surface area (Å²) in [5.74, 6) is -0.343. The summed E-state index contributed by atoms with van der Waals surface area (Å²) >= 11 is 0. The number of Topliss-reactive ketones (excluding diaryl/α,β-unsaturated/α-hetero) is 1. The Kier molecular flexibility index (Phi) is 5.25. The van der Waals surface area contributed by atoms with Crippen LogP contribution in [-0.2, 0) is 17.8 Å². The Morgan fingerprint density at radius 1 is 1.08 bits per heavy atom. The first-order valence-corrected chi connectivity index (χ1v) is 11.4. The molecule has 1 aromatic carbocycles. The van der Waals surface area contributed by atoms with Gasteiger partial charge in [-0.1, -0.05) is 29.5 Å². The van der Waals surface area contributed by atoms with Crippen LogP contribution < -0.4 is 4.74 Å². The van der Waals surface area contributed by atoms with E-state index in [1.54, 1.807) is 17.3 Å². The zero-order valence-electron chi connectivity index (χ0n) is 19.4. The number of benzene rings is 1. The van der Waals surface area contributed by atoms with Gasteiger partial charge in [0.25, 0.3) is 11.7 Å². The van der Waals surface area contributed by atoms with Crippen LogP contribution in [0.1, 0.15) is 21.5 Å². The van der Waals surface area contributed by atoms with Gasteiger partial charge in [-0.25, -0.2) is 9.67 Å². The molecule has 0 aliphatic carbocycles. The third-order valence-electron chi connectivity index (χ3n) is 6.45. The van der Waals surface area contributed by atoms with Crippen LogP contribution in [0.25, 0.3) is 28.0 Å². The summed E-state index contributed by atoms with van der Waals surface area (Å²) in [7, 11) is 1.50. The maximum Gasteiger partial charge on any atom is 0.295 e. The number of pyridine rings is 2. The molecule has 0 bridgehead atoms. The van der Waals surface area contributed by atoms with Crippen LogP contribution in [0.4, 0.5) is 0 Å². The molecule has 10 heteroatoms. The third-order valence-corrected chi connectivity index (χ3v) is 6.45. The Morgan fingerprint density at radius 3 is 2.78 bits per heavy atom. The number of carbonyl (C=O) groups is 2. The minimum absolute atomic E-state index is 0.226. The highest BCUT2D eigenvalue weighted by atomic mass is 16.5. The van der Waals surface area contributed by atoms with E-state index in [-0.39, 0.29) is 5.56 Å². The Balaban J connectivity index is 1.32. The average molecular weight is 480 g/mol. The van der Waals surface area contributed by atoms with Gasteiger partial charge < -0.3 is 14.6 Å². The van der Waals surface area contributed by atoms with Gasteiger partial charge in [0.05, 0.1) is 47.9 Å². The van der Waals surface area contributed by atoms with Crippen LogP contribution in [0.5, 0.6) is 5.75 Å². The molecule has 5 heterocycles. The molecule has 6 rings (SSSR count). The van der Waals surface area contributed by atoms with Gasteiger partial charge in [-0.3, -0.25) is 14.6 Å². The molecule has 178 valence electrons. The smallest absolute Gasteiger partial charge is 0.295 e. The Hall–Kier alpha value is -4.86. The molecule has 10 nitrogen and oxygen atoms in total. The lowest BCUT2D eigenvalue weighted by Gasteiger charge is -2.29. The van der Waals surface area contributed by atoms with Crippen LogP contribution in [0.15, 0.2) is 67.4 Å². The van der Waals surface area contributed by atoms with E-state index in [9.17, 15) is 9.59 Å². The minimum Gasteiger partial charge on any atom is -0.494 e. The summed E-state index contributed by atoms with van der Waals surface area (Å²) in [6.07, 6.45) is 8.61. The van der Waals surface area contributed by atoms with Crippen molar-refractivity contribution in [2.75, 3.05) is 13.7 Å². The first kappa shape index (κ1) is 21.7. The monoisotopic (exact) mass is 479 g/mol. The zero-order chi connectivity index (χ0) is 24.6. The number of H-pyrrole nitrogens is 1. The van der Waals surface area contributed by atoms with Crippen molar-refractivity contribution < 1.29 is 14.3 Å². The molecular weight excluding hydrogens is 458 g/mol. The second-order valence-electron chi connectivity index (χ2n) is 8.41. The van der Waals surface area contributed by atoms with Gasteiger partial charge in [0.15, 0.2) is 5.82 Å². The van der Waals surface area contributed by atoms with E-state index >= 15 is 0 Å². The molecule has 1 aliphatic rings. The van der Waals surface area contributed by atoms with Gasteiger partial charge in [-0.15, -0.1) is 5.10 Å². The molecule has 4 aromatic heterocycles. The lowest BCUT2D eigenvalue weighted by Crippen LogP contribution is -2.40. The number of ketones is 1. The second kappa shape index (κ2) is 8.73. The molecule has 0 saturated carbocycles. The second-order valence-corrected chi connectivity index (χ2v) is 8.41. The van der Waals surface area contributed by atoms with Crippen molar-refractivity contribution in [3.05, 3.63) is 84.1 Å². The van der Waals surface area contributed by atoms with E-state index in [1.165, 1.54) is 30.4 Å². The first-order valence-electron chi connectivity index (χ1n) is 11.4. The number of nitrogens with zero attached hydrogens (tertiary/aromatic N) is 6. The van der Waals surface area contributed by atoms with Gasteiger partial charge >= 0.3 is 0 Å². The number of aromatic amines is 1. The molecule has 0 saturated heterocycles.